The Morgan fingerprint density at radius 2 is 1.76 bits per heavy atom. The number of nitrogens with zero attached hydrogens (tertiary/aromatic N) is 2. The van der Waals surface area contributed by atoms with Crippen LogP contribution in [0.3, 0.4) is 0 Å². The van der Waals surface area contributed by atoms with Crippen molar-refractivity contribution < 1.29 is 43.6 Å². The van der Waals surface area contributed by atoms with Crippen LogP contribution in [0.1, 0.15) is 40.7 Å². The topological polar surface area (TPSA) is 165 Å². The highest BCUT2D eigenvalue weighted by atomic mass is 19.1. The van der Waals surface area contributed by atoms with Crippen molar-refractivity contribution in [2.24, 2.45) is 17.6 Å². The normalized spacial score (nSPS) is 29.6. The van der Waals surface area contributed by atoms with Crippen molar-refractivity contribution in [1.29, 1.82) is 0 Å². The van der Waals surface area contributed by atoms with Crippen molar-refractivity contribution in [2.45, 2.75) is 43.9 Å². The zero-order chi connectivity index (χ0) is 27.8. The summed E-state index contributed by atoms with van der Waals surface area (Å²) in [5.74, 6) is -11.1. The number of carbonyl (C=O) groups is 3. The summed E-state index contributed by atoms with van der Waals surface area (Å²) in [6.45, 7) is 1.20. The average molecular weight is 534 g/mol. The molecule has 4 atom stereocenters. The van der Waals surface area contributed by atoms with E-state index in [4.69, 9.17) is 5.73 Å². The number of carbonyl (C=O) groups excluding carboxylic acids is 3. The van der Waals surface area contributed by atoms with Gasteiger partial charge in [-0.25, -0.2) is 8.78 Å². The first-order chi connectivity index (χ1) is 17.8. The number of aliphatic hydroxyl groups excluding tert-OH is 2. The maximum Gasteiger partial charge on any atom is 0.255 e. The number of primary amides is 1. The van der Waals surface area contributed by atoms with Crippen LogP contribution in [0.5, 0.6) is 5.75 Å². The van der Waals surface area contributed by atoms with E-state index >= 15 is 8.78 Å². The second-order valence-electron chi connectivity index (χ2n) is 10.8. The molecule has 1 amide bonds. The summed E-state index contributed by atoms with van der Waals surface area (Å²) in [4.78, 5) is 42.1. The molecule has 1 saturated heterocycles. The SMILES string of the molecule is CN(C)[C@@H]1C(O)=C(C(N)=O)C(=O)[C@@]2(O)C(O)=C3C(=O)c4c(O)c(F)c(CN5CCCC5)c(F)c4C[C@H]3C[C@@H]12. The van der Waals surface area contributed by atoms with E-state index < -0.39 is 86.6 Å². The maximum atomic E-state index is 15.7. The number of hydrogen-bond donors (Lipinski definition) is 5. The first-order valence-electron chi connectivity index (χ1n) is 12.4. The highest BCUT2D eigenvalue weighted by Gasteiger charge is 2.63. The number of amides is 1. The highest BCUT2D eigenvalue weighted by molar-refractivity contribution is 6.24. The predicted molar refractivity (Wildman–Crippen MR) is 128 cm³/mol. The number of rotatable bonds is 4. The number of fused-ring (bicyclic) bond motifs is 3. The first-order valence-corrected chi connectivity index (χ1v) is 12.4. The minimum atomic E-state index is -2.81. The summed E-state index contributed by atoms with van der Waals surface area (Å²) in [7, 11) is 3.02. The molecule has 1 heterocycles. The van der Waals surface area contributed by atoms with E-state index in [2.05, 4.69) is 0 Å². The number of aliphatic hydroxyl groups is 3. The third kappa shape index (κ3) is 3.43. The molecular weight excluding hydrogens is 504 g/mol. The van der Waals surface area contributed by atoms with Crippen LogP contribution >= 0.6 is 0 Å². The lowest BCUT2D eigenvalue weighted by molar-refractivity contribution is -0.148. The molecule has 10 nitrogen and oxygen atoms in total. The van der Waals surface area contributed by atoms with Gasteiger partial charge in [0, 0.05) is 29.2 Å². The summed E-state index contributed by atoms with van der Waals surface area (Å²) in [5, 5.41) is 44.2. The molecule has 0 saturated carbocycles. The number of ketones is 2. The van der Waals surface area contributed by atoms with Gasteiger partial charge in [0.15, 0.2) is 23.0 Å². The van der Waals surface area contributed by atoms with Gasteiger partial charge in [-0.3, -0.25) is 24.2 Å². The Labute approximate surface area is 216 Å². The Hall–Kier alpha value is -3.35. The zero-order valence-corrected chi connectivity index (χ0v) is 20.9. The van der Waals surface area contributed by atoms with Crippen LogP contribution < -0.4 is 5.73 Å². The molecule has 3 aliphatic carbocycles. The summed E-state index contributed by atoms with van der Waals surface area (Å²) < 4.78 is 30.9. The molecular formula is C26H29F2N3O7. The smallest absolute Gasteiger partial charge is 0.255 e. The lowest BCUT2D eigenvalue weighted by Gasteiger charge is -2.50. The number of phenolic OH excluding ortho intramolecular Hbond substituents is 1. The molecule has 0 aromatic heterocycles. The number of hydrogen-bond acceptors (Lipinski definition) is 9. The van der Waals surface area contributed by atoms with Crippen molar-refractivity contribution in [2.75, 3.05) is 27.2 Å². The molecule has 0 unspecified atom stereocenters. The molecule has 12 heteroatoms. The van der Waals surface area contributed by atoms with Gasteiger partial charge in [-0.1, -0.05) is 0 Å². The van der Waals surface area contributed by atoms with Crippen LogP contribution in [0.15, 0.2) is 22.7 Å². The van der Waals surface area contributed by atoms with E-state index in [-0.39, 0.29) is 30.5 Å². The molecule has 1 aromatic rings. The van der Waals surface area contributed by atoms with Gasteiger partial charge in [-0.2, -0.15) is 0 Å². The number of allylic oxidation sites excluding steroid dienone is 1. The van der Waals surface area contributed by atoms with E-state index in [1.807, 2.05) is 4.90 Å². The molecule has 6 N–H and O–H groups in total. The van der Waals surface area contributed by atoms with Crippen LogP contribution in [0.2, 0.25) is 0 Å². The van der Waals surface area contributed by atoms with E-state index in [0.29, 0.717) is 13.1 Å². The third-order valence-corrected chi connectivity index (χ3v) is 8.44. The summed E-state index contributed by atoms with van der Waals surface area (Å²) in [6.07, 6.45) is 1.35. The molecule has 204 valence electrons. The van der Waals surface area contributed by atoms with Crippen LogP contribution in [0.4, 0.5) is 8.78 Å². The van der Waals surface area contributed by atoms with Crippen molar-refractivity contribution >= 4 is 17.5 Å². The van der Waals surface area contributed by atoms with E-state index in [1.165, 1.54) is 19.0 Å². The van der Waals surface area contributed by atoms with E-state index in [1.54, 1.807) is 0 Å². The zero-order valence-electron chi connectivity index (χ0n) is 20.9. The molecule has 4 aliphatic rings. The lowest BCUT2D eigenvalue weighted by Crippen LogP contribution is -2.63. The second kappa shape index (κ2) is 8.85. The van der Waals surface area contributed by atoms with Gasteiger partial charge >= 0.3 is 0 Å². The Balaban J connectivity index is 1.67. The monoisotopic (exact) mass is 533 g/mol. The van der Waals surface area contributed by atoms with Crippen LogP contribution in [0, 0.1) is 23.5 Å². The highest BCUT2D eigenvalue weighted by Crippen LogP contribution is 2.52. The number of Topliss-reactive ketones (excluding diaryl/α,β-unsaturated/α-hetero) is 2. The van der Waals surface area contributed by atoms with Crippen LogP contribution in [0.25, 0.3) is 0 Å². The van der Waals surface area contributed by atoms with Crippen LogP contribution in [-0.4, -0.2) is 86.5 Å². The standard InChI is InChI=1S/C26H29F2N3O7/c1-30(2)19-13-8-10-7-11-15(21(33)18(28)12(17(11)27)9-31-5-3-4-6-31)20(32)14(10)23(35)26(13,38)24(36)16(22(19)34)25(29)37/h10,13,19,33-35,38H,3-9H2,1-2H3,(H2,29,37)/t10-,13-,19-,26-/m0/s1. The molecule has 0 radical (unpaired) electrons. The molecule has 0 bridgehead atoms. The van der Waals surface area contributed by atoms with Gasteiger partial charge in [-0.05, 0) is 58.8 Å². The summed E-state index contributed by atoms with van der Waals surface area (Å²) in [5.41, 5.74) is -0.154. The average Bonchev–Trinajstić information content (AvgIpc) is 3.35. The van der Waals surface area contributed by atoms with Crippen molar-refractivity contribution in [3.63, 3.8) is 0 Å². The van der Waals surface area contributed by atoms with E-state index in [0.717, 1.165) is 12.8 Å². The number of likely N-dealkylation sites (N-methyl/N-ethyl adjacent to an activating group) is 1. The third-order valence-electron chi connectivity index (χ3n) is 8.44. The molecule has 5 rings (SSSR count). The molecule has 38 heavy (non-hydrogen) atoms. The maximum absolute atomic E-state index is 15.7. The fraction of sp³-hybridized carbons (Fsp3) is 0.500. The number of likely N-dealkylation sites (tertiary alicyclic amines) is 1. The molecule has 1 aliphatic heterocycles. The second-order valence-corrected chi connectivity index (χ2v) is 10.8. The minimum Gasteiger partial charge on any atom is -0.510 e. The predicted octanol–water partition coefficient (Wildman–Crippen LogP) is 0.995. The molecule has 1 aromatic carbocycles. The quantitative estimate of drug-likeness (QED) is 0.355. The molecule has 0 spiro atoms. The lowest BCUT2D eigenvalue weighted by atomic mass is 9.58. The number of aromatic hydroxyl groups is 1. The van der Waals surface area contributed by atoms with Crippen LogP contribution in [-0.2, 0) is 22.6 Å². The Bertz CT molecular complexity index is 1350. The Morgan fingerprint density at radius 3 is 2.34 bits per heavy atom. The minimum absolute atomic E-state index is 0.0839. The number of nitrogens with two attached hydrogens (primary N) is 1. The number of halogens is 2. The fourth-order valence-electron chi connectivity index (χ4n) is 6.67. The number of phenols is 1. The molecule has 1 fully saturated rings. The van der Waals surface area contributed by atoms with Crippen molar-refractivity contribution in [1.82, 2.24) is 9.80 Å². The Kier molecular flexibility index (Phi) is 6.12. The first kappa shape index (κ1) is 26.3. The van der Waals surface area contributed by atoms with Gasteiger partial charge in [0.05, 0.1) is 11.6 Å². The summed E-state index contributed by atoms with van der Waals surface area (Å²) in [6, 6.07) is -1.16. The van der Waals surface area contributed by atoms with Gasteiger partial charge in [0.25, 0.3) is 5.91 Å². The van der Waals surface area contributed by atoms with Gasteiger partial charge in [0.1, 0.15) is 22.9 Å². The Morgan fingerprint density at radius 1 is 1.13 bits per heavy atom. The van der Waals surface area contributed by atoms with Crippen molar-refractivity contribution in [3.05, 3.63) is 51.0 Å². The largest absolute Gasteiger partial charge is 0.510 e. The van der Waals surface area contributed by atoms with E-state index in [9.17, 15) is 34.8 Å². The van der Waals surface area contributed by atoms with Gasteiger partial charge < -0.3 is 26.2 Å². The fourth-order valence-corrected chi connectivity index (χ4v) is 6.67. The summed E-state index contributed by atoms with van der Waals surface area (Å²) >= 11 is 0. The number of benzene rings is 1. The van der Waals surface area contributed by atoms with Crippen molar-refractivity contribution in [3.8, 4) is 5.75 Å². The van der Waals surface area contributed by atoms with Gasteiger partial charge in [0.2, 0.25) is 5.78 Å². The van der Waals surface area contributed by atoms with Gasteiger partial charge in [-0.15, -0.1) is 0 Å².